The quantitative estimate of drug-likeness (QED) is 0.780. The van der Waals surface area contributed by atoms with Crippen LogP contribution < -0.4 is 5.73 Å². The second-order valence-electron chi connectivity index (χ2n) is 4.13. The van der Waals surface area contributed by atoms with E-state index in [2.05, 4.69) is 10.1 Å². The Hall–Kier alpha value is -2.40. The molecule has 0 saturated carbocycles. The molecular weight excluding hydrogens is 281 g/mol. The Morgan fingerprint density at radius 2 is 1.90 bits per heavy atom. The fraction of sp³-hybridized carbons (Fsp3) is 0. The minimum atomic E-state index is -0.501. The van der Waals surface area contributed by atoms with Crippen molar-refractivity contribution in [2.45, 2.75) is 0 Å². The lowest BCUT2D eigenvalue weighted by atomic mass is 10.0. The van der Waals surface area contributed by atoms with Crippen molar-refractivity contribution in [2.75, 3.05) is 5.73 Å². The molecule has 0 radical (unpaired) electrons. The minimum absolute atomic E-state index is 0.193. The third-order valence-corrected chi connectivity index (χ3v) is 3.12. The van der Waals surface area contributed by atoms with Crippen LogP contribution in [0.4, 0.5) is 10.2 Å². The average Bonchev–Trinajstić information content (AvgIpc) is 2.82. The van der Waals surface area contributed by atoms with Crippen LogP contribution in [-0.2, 0) is 0 Å². The Morgan fingerprint density at radius 1 is 1.15 bits per heavy atom. The zero-order chi connectivity index (χ0) is 14.1. The summed E-state index contributed by atoms with van der Waals surface area (Å²) in [6.07, 6.45) is 2.59. The highest BCUT2D eigenvalue weighted by molar-refractivity contribution is 6.30. The molecule has 100 valence electrons. The van der Waals surface area contributed by atoms with Gasteiger partial charge in [0.05, 0.1) is 17.3 Å². The van der Waals surface area contributed by atoms with Crippen molar-refractivity contribution < 1.29 is 8.91 Å². The lowest BCUT2D eigenvalue weighted by molar-refractivity contribution is 0.433. The summed E-state index contributed by atoms with van der Waals surface area (Å²) in [5.74, 6) is -0.0397. The maximum Gasteiger partial charge on any atom is 0.179 e. The number of hydrogen-bond donors (Lipinski definition) is 1. The first-order valence-electron chi connectivity index (χ1n) is 5.78. The molecule has 0 unspecified atom stereocenters. The van der Waals surface area contributed by atoms with E-state index in [1.165, 1.54) is 12.3 Å². The Bertz CT molecular complexity index is 755. The van der Waals surface area contributed by atoms with E-state index in [0.29, 0.717) is 10.6 Å². The first-order chi connectivity index (χ1) is 9.66. The van der Waals surface area contributed by atoms with Crippen LogP contribution in [0.15, 0.2) is 47.2 Å². The fourth-order valence-corrected chi connectivity index (χ4v) is 2.07. The normalized spacial score (nSPS) is 10.7. The zero-order valence-electron chi connectivity index (χ0n) is 10.2. The van der Waals surface area contributed by atoms with Crippen LogP contribution in [0.2, 0.25) is 5.02 Å². The van der Waals surface area contributed by atoms with Gasteiger partial charge in [-0.2, -0.15) is 0 Å². The Morgan fingerprint density at radius 3 is 2.60 bits per heavy atom. The summed E-state index contributed by atoms with van der Waals surface area (Å²) in [7, 11) is 0. The smallest absolute Gasteiger partial charge is 0.179 e. The first kappa shape index (κ1) is 12.6. The highest BCUT2D eigenvalue weighted by atomic mass is 35.5. The van der Waals surface area contributed by atoms with Crippen LogP contribution in [-0.4, -0.2) is 10.1 Å². The molecule has 4 nitrogen and oxygen atoms in total. The minimum Gasteiger partial charge on any atom is -0.380 e. The van der Waals surface area contributed by atoms with Crippen LogP contribution in [0.5, 0.6) is 0 Å². The second-order valence-corrected chi connectivity index (χ2v) is 4.57. The maximum absolute atomic E-state index is 13.8. The maximum atomic E-state index is 13.8. The molecule has 20 heavy (non-hydrogen) atoms. The molecule has 1 aromatic carbocycles. The summed E-state index contributed by atoms with van der Waals surface area (Å²) in [5, 5.41) is 4.31. The Balaban J connectivity index is 2.20. The van der Waals surface area contributed by atoms with E-state index in [1.54, 1.807) is 24.3 Å². The van der Waals surface area contributed by atoms with Crippen molar-refractivity contribution in [3.63, 3.8) is 0 Å². The molecule has 0 aliphatic carbocycles. The summed E-state index contributed by atoms with van der Waals surface area (Å²) < 4.78 is 19.0. The van der Waals surface area contributed by atoms with Gasteiger partial charge in [0, 0.05) is 11.2 Å². The highest BCUT2D eigenvalue weighted by Crippen LogP contribution is 2.37. The summed E-state index contributed by atoms with van der Waals surface area (Å²) >= 11 is 5.86. The molecule has 0 amide bonds. The Kier molecular flexibility index (Phi) is 3.12. The number of nitrogen functional groups attached to an aromatic ring is 1. The number of rotatable bonds is 2. The van der Waals surface area contributed by atoms with Crippen LogP contribution in [0.3, 0.4) is 0 Å². The van der Waals surface area contributed by atoms with E-state index < -0.39 is 5.82 Å². The topological polar surface area (TPSA) is 64.9 Å². The van der Waals surface area contributed by atoms with Gasteiger partial charge in [-0.15, -0.1) is 0 Å². The van der Waals surface area contributed by atoms with Crippen molar-refractivity contribution in [3.05, 3.63) is 53.6 Å². The van der Waals surface area contributed by atoms with Crippen molar-refractivity contribution >= 4 is 17.4 Å². The number of hydrogen-bond acceptors (Lipinski definition) is 4. The molecule has 0 spiro atoms. The summed E-state index contributed by atoms with van der Waals surface area (Å²) in [6, 6.07) is 8.49. The third kappa shape index (κ3) is 2.12. The van der Waals surface area contributed by atoms with Gasteiger partial charge in [0.1, 0.15) is 0 Å². The predicted octanol–water partition coefficient (Wildman–Crippen LogP) is 3.78. The lowest BCUT2D eigenvalue weighted by Gasteiger charge is -2.03. The van der Waals surface area contributed by atoms with Gasteiger partial charge in [0.2, 0.25) is 0 Å². The highest BCUT2D eigenvalue weighted by Gasteiger charge is 2.20. The van der Waals surface area contributed by atoms with Crippen molar-refractivity contribution in [2.24, 2.45) is 0 Å². The number of nitrogens with two attached hydrogens (primary N) is 1. The molecule has 3 aromatic rings. The van der Waals surface area contributed by atoms with Gasteiger partial charge in [-0.25, -0.2) is 4.39 Å². The standard InChI is InChI=1S/C14H9ClFN3O/c15-9-3-1-8(2-4-9)12-13(20-19-14(12)17)10-5-6-18-7-11(10)16/h1-7H,(H2,17,19). The monoisotopic (exact) mass is 289 g/mol. The first-order valence-corrected chi connectivity index (χ1v) is 6.15. The van der Waals surface area contributed by atoms with Gasteiger partial charge in [-0.05, 0) is 23.8 Å². The number of halogens is 2. The SMILES string of the molecule is Nc1noc(-c2ccncc2F)c1-c1ccc(Cl)cc1. The van der Waals surface area contributed by atoms with Crippen LogP contribution in [0.1, 0.15) is 0 Å². The van der Waals surface area contributed by atoms with Crippen LogP contribution in [0, 0.1) is 5.82 Å². The van der Waals surface area contributed by atoms with E-state index in [0.717, 1.165) is 11.8 Å². The molecule has 0 bridgehead atoms. The third-order valence-electron chi connectivity index (χ3n) is 2.87. The van der Waals surface area contributed by atoms with Gasteiger partial charge >= 0.3 is 0 Å². The van der Waals surface area contributed by atoms with Crippen LogP contribution in [0.25, 0.3) is 22.5 Å². The van der Waals surface area contributed by atoms with Crippen LogP contribution >= 0.6 is 11.6 Å². The molecule has 0 atom stereocenters. The van der Waals surface area contributed by atoms with Crippen molar-refractivity contribution in [3.8, 4) is 22.5 Å². The molecular formula is C14H9ClFN3O. The van der Waals surface area contributed by atoms with Gasteiger partial charge in [0.15, 0.2) is 17.4 Å². The molecule has 0 aliphatic rings. The number of pyridine rings is 1. The summed E-state index contributed by atoms with van der Waals surface area (Å²) in [6.45, 7) is 0. The zero-order valence-corrected chi connectivity index (χ0v) is 10.9. The second kappa shape index (κ2) is 4.94. The molecule has 0 saturated heterocycles. The van der Waals surface area contributed by atoms with E-state index in [1.807, 2.05) is 0 Å². The summed E-state index contributed by atoms with van der Waals surface area (Å²) in [4.78, 5) is 3.71. The van der Waals surface area contributed by atoms with Gasteiger partial charge in [-0.3, -0.25) is 4.98 Å². The largest absolute Gasteiger partial charge is 0.380 e. The average molecular weight is 290 g/mol. The van der Waals surface area contributed by atoms with Crippen molar-refractivity contribution in [1.82, 2.24) is 10.1 Å². The molecule has 0 aliphatic heterocycles. The number of benzene rings is 1. The summed E-state index contributed by atoms with van der Waals surface area (Å²) in [5.41, 5.74) is 7.36. The van der Waals surface area contributed by atoms with E-state index in [4.69, 9.17) is 21.9 Å². The van der Waals surface area contributed by atoms with Gasteiger partial charge in [-0.1, -0.05) is 28.9 Å². The lowest BCUT2D eigenvalue weighted by Crippen LogP contribution is -1.90. The van der Waals surface area contributed by atoms with Gasteiger partial charge in [0.25, 0.3) is 0 Å². The number of nitrogens with zero attached hydrogens (tertiary/aromatic N) is 2. The van der Waals surface area contributed by atoms with E-state index in [9.17, 15) is 4.39 Å². The molecule has 2 heterocycles. The number of anilines is 1. The molecule has 2 aromatic heterocycles. The molecule has 0 fully saturated rings. The fourth-order valence-electron chi connectivity index (χ4n) is 1.94. The number of aromatic nitrogens is 2. The van der Waals surface area contributed by atoms with Crippen molar-refractivity contribution in [1.29, 1.82) is 0 Å². The molecule has 2 N–H and O–H groups in total. The molecule has 3 rings (SSSR count). The van der Waals surface area contributed by atoms with E-state index >= 15 is 0 Å². The molecule has 6 heteroatoms. The Labute approximate surface area is 119 Å². The predicted molar refractivity (Wildman–Crippen MR) is 74.6 cm³/mol. The van der Waals surface area contributed by atoms with E-state index in [-0.39, 0.29) is 17.1 Å². The van der Waals surface area contributed by atoms with Gasteiger partial charge < -0.3 is 10.3 Å².